The minimum absolute atomic E-state index is 0.125. The zero-order chi connectivity index (χ0) is 15.8. The van der Waals surface area contributed by atoms with Gasteiger partial charge in [0.1, 0.15) is 10.7 Å². The minimum atomic E-state index is 0.125. The molecule has 4 heterocycles. The normalized spacial score (nSPS) is 14.9. The molecular weight excluding hydrogens is 312 g/mol. The van der Waals surface area contributed by atoms with Crippen LogP contribution in [0.3, 0.4) is 0 Å². The number of hydrogen-bond donors (Lipinski definition) is 1. The summed E-state index contributed by atoms with van der Waals surface area (Å²) in [5.41, 5.74) is 1.93. The fraction of sp³-hybridized carbons (Fsp3) is 0.312. The first-order chi connectivity index (χ1) is 11.2. The quantitative estimate of drug-likeness (QED) is 0.799. The van der Waals surface area contributed by atoms with Crippen molar-refractivity contribution in [1.82, 2.24) is 20.1 Å². The van der Waals surface area contributed by atoms with Crippen molar-refractivity contribution in [2.75, 3.05) is 13.1 Å². The molecule has 23 heavy (non-hydrogen) atoms. The third-order valence-corrected chi connectivity index (χ3v) is 5.07. The molecule has 1 saturated heterocycles. The van der Waals surface area contributed by atoms with Crippen LogP contribution in [0, 0.1) is 6.92 Å². The van der Waals surface area contributed by atoms with E-state index in [-0.39, 0.29) is 5.91 Å². The van der Waals surface area contributed by atoms with Crippen molar-refractivity contribution >= 4 is 17.2 Å². The smallest absolute Gasteiger partial charge is 0.229 e. The summed E-state index contributed by atoms with van der Waals surface area (Å²) in [4.78, 5) is 19.9. The van der Waals surface area contributed by atoms with Gasteiger partial charge >= 0.3 is 0 Å². The lowest BCUT2D eigenvalue weighted by Crippen LogP contribution is -2.49. The number of aryl methyl sites for hydroxylation is 1. The van der Waals surface area contributed by atoms with Gasteiger partial charge in [-0.2, -0.15) is 5.10 Å². The van der Waals surface area contributed by atoms with Gasteiger partial charge < -0.3 is 9.32 Å². The number of nitrogens with one attached hydrogen (secondary N) is 1. The van der Waals surface area contributed by atoms with Crippen molar-refractivity contribution in [3.05, 3.63) is 46.2 Å². The van der Waals surface area contributed by atoms with Gasteiger partial charge in [-0.15, -0.1) is 11.3 Å². The molecule has 4 rings (SSSR count). The average molecular weight is 328 g/mol. The molecule has 0 spiro atoms. The number of thiazole rings is 1. The molecule has 7 heteroatoms. The highest BCUT2D eigenvalue weighted by Gasteiger charge is 2.32. The van der Waals surface area contributed by atoms with E-state index in [1.807, 2.05) is 30.0 Å². The summed E-state index contributed by atoms with van der Waals surface area (Å²) in [6.07, 6.45) is 3.73. The van der Waals surface area contributed by atoms with Crippen LogP contribution in [0.25, 0.3) is 11.5 Å². The van der Waals surface area contributed by atoms with Crippen LogP contribution >= 0.6 is 11.3 Å². The molecule has 6 nitrogen and oxygen atoms in total. The number of carbonyl (C=O) groups excluding carboxylic acids is 1. The van der Waals surface area contributed by atoms with Crippen LogP contribution in [0.2, 0.25) is 0 Å². The van der Waals surface area contributed by atoms with Gasteiger partial charge in [-0.1, -0.05) is 0 Å². The average Bonchev–Trinajstić information content (AvgIpc) is 3.18. The highest BCUT2D eigenvalue weighted by atomic mass is 32.1. The molecular formula is C16H16N4O2S. The molecule has 1 amide bonds. The highest BCUT2D eigenvalue weighted by Crippen LogP contribution is 2.30. The Morgan fingerprint density at radius 3 is 3.04 bits per heavy atom. The monoisotopic (exact) mass is 328 g/mol. The number of nitrogens with zero attached hydrogens (tertiary/aromatic N) is 3. The predicted molar refractivity (Wildman–Crippen MR) is 86.2 cm³/mol. The number of amides is 1. The number of aromatic amines is 1. The largest absolute Gasteiger partial charge is 0.463 e. The Hall–Kier alpha value is -2.41. The molecule has 0 atom stereocenters. The van der Waals surface area contributed by atoms with E-state index in [0.717, 1.165) is 40.1 Å². The molecule has 0 radical (unpaired) electrons. The third-order valence-electron chi connectivity index (χ3n) is 4.09. The standard InChI is InChI=1S/C16H16N4O2S/c1-10-16(13-3-2-6-22-13)18-14(23-10)7-15(21)20-8-11(9-20)12-4-5-17-19-12/h2-6,11H,7-9H2,1H3,(H,17,19). The van der Waals surface area contributed by atoms with Crippen molar-refractivity contribution in [3.8, 4) is 11.5 Å². The number of furan rings is 1. The maximum absolute atomic E-state index is 12.4. The first-order valence-electron chi connectivity index (χ1n) is 7.48. The van der Waals surface area contributed by atoms with Crippen LogP contribution < -0.4 is 0 Å². The van der Waals surface area contributed by atoms with Crippen LogP contribution in [-0.4, -0.2) is 39.1 Å². The van der Waals surface area contributed by atoms with E-state index in [1.54, 1.807) is 23.8 Å². The summed E-state index contributed by atoms with van der Waals surface area (Å²) in [6.45, 7) is 3.49. The first kappa shape index (κ1) is 14.2. The molecule has 3 aromatic rings. The van der Waals surface area contributed by atoms with Gasteiger partial charge in [-0.25, -0.2) is 4.98 Å². The van der Waals surface area contributed by atoms with Gasteiger partial charge in [0.15, 0.2) is 5.76 Å². The number of H-pyrrole nitrogens is 1. The van der Waals surface area contributed by atoms with Crippen LogP contribution in [0.1, 0.15) is 21.5 Å². The van der Waals surface area contributed by atoms with Crippen molar-refractivity contribution in [2.45, 2.75) is 19.3 Å². The Morgan fingerprint density at radius 1 is 1.48 bits per heavy atom. The molecule has 0 unspecified atom stereocenters. The van der Waals surface area contributed by atoms with Crippen molar-refractivity contribution in [1.29, 1.82) is 0 Å². The number of hydrogen-bond acceptors (Lipinski definition) is 5. The van der Waals surface area contributed by atoms with E-state index in [2.05, 4.69) is 15.2 Å². The topological polar surface area (TPSA) is 75.0 Å². The maximum Gasteiger partial charge on any atom is 0.229 e. The zero-order valence-electron chi connectivity index (χ0n) is 12.7. The SMILES string of the molecule is Cc1sc(CC(=O)N2CC(c3ccn[nH]3)C2)nc1-c1ccco1. The van der Waals surface area contributed by atoms with Crippen LogP contribution in [0.4, 0.5) is 0 Å². The molecule has 0 saturated carbocycles. The number of aromatic nitrogens is 3. The summed E-state index contributed by atoms with van der Waals surface area (Å²) in [6, 6.07) is 5.69. The van der Waals surface area contributed by atoms with Gasteiger partial charge in [0.25, 0.3) is 0 Å². The molecule has 118 valence electrons. The maximum atomic E-state index is 12.4. The van der Waals surface area contributed by atoms with Crippen molar-refractivity contribution < 1.29 is 9.21 Å². The molecule has 1 aliphatic rings. The fourth-order valence-corrected chi connectivity index (χ4v) is 3.71. The highest BCUT2D eigenvalue weighted by molar-refractivity contribution is 7.12. The lowest BCUT2D eigenvalue weighted by molar-refractivity contribution is -0.134. The summed E-state index contributed by atoms with van der Waals surface area (Å²) in [5, 5.41) is 7.76. The van der Waals surface area contributed by atoms with Crippen LogP contribution in [0.15, 0.2) is 35.1 Å². The summed E-state index contributed by atoms with van der Waals surface area (Å²) in [7, 11) is 0. The van der Waals surface area contributed by atoms with Crippen LogP contribution in [0.5, 0.6) is 0 Å². The summed E-state index contributed by atoms with van der Waals surface area (Å²) in [5.74, 6) is 1.25. The van der Waals surface area contributed by atoms with Crippen molar-refractivity contribution in [3.63, 3.8) is 0 Å². The number of carbonyl (C=O) groups is 1. The second kappa shape index (κ2) is 5.66. The van der Waals surface area contributed by atoms with Gasteiger partial charge in [0.05, 0.1) is 12.7 Å². The van der Waals surface area contributed by atoms with Crippen LogP contribution in [-0.2, 0) is 11.2 Å². The van der Waals surface area contributed by atoms with Gasteiger partial charge in [0, 0.05) is 35.8 Å². The molecule has 1 fully saturated rings. The number of rotatable bonds is 4. The lowest BCUT2D eigenvalue weighted by Gasteiger charge is -2.38. The van der Waals surface area contributed by atoms with Gasteiger partial charge in [0.2, 0.25) is 5.91 Å². The predicted octanol–water partition coefficient (Wildman–Crippen LogP) is 2.60. The second-order valence-electron chi connectivity index (χ2n) is 5.67. The van der Waals surface area contributed by atoms with E-state index in [1.165, 1.54) is 0 Å². The summed E-state index contributed by atoms with van der Waals surface area (Å²) < 4.78 is 5.39. The molecule has 3 aromatic heterocycles. The third kappa shape index (κ3) is 2.68. The molecule has 0 aliphatic carbocycles. The number of likely N-dealkylation sites (tertiary alicyclic amines) is 1. The fourth-order valence-electron chi connectivity index (χ4n) is 2.78. The Morgan fingerprint density at radius 2 is 2.35 bits per heavy atom. The van der Waals surface area contributed by atoms with Crippen molar-refractivity contribution in [2.24, 2.45) is 0 Å². The minimum Gasteiger partial charge on any atom is -0.463 e. The first-order valence-corrected chi connectivity index (χ1v) is 8.29. The zero-order valence-corrected chi connectivity index (χ0v) is 13.5. The van der Waals surface area contributed by atoms with Gasteiger partial charge in [-0.05, 0) is 25.1 Å². The van der Waals surface area contributed by atoms with E-state index in [0.29, 0.717) is 12.3 Å². The van der Waals surface area contributed by atoms with E-state index in [4.69, 9.17) is 4.42 Å². The molecule has 0 aromatic carbocycles. The Kier molecular flexibility index (Phi) is 3.49. The molecule has 0 bridgehead atoms. The Bertz CT molecular complexity index is 801. The van der Waals surface area contributed by atoms with E-state index < -0.39 is 0 Å². The lowest BCUT2D eigenvalue weighted by atomic mass is 9.96. The molecule has 1 N–H and O–H groups in total. The van der Waals surface area contributed by atoms with E-state index >= 15 is 0 Å². The summed E-state index contributed by atoms with van der Waals surface area (Å²) >= 11 is 1.56. The molecule has 1 aliphatic heterocycles. The van der Waals surface area contributed by atoms with E-state index in [9.17, 15) is 4.79 Å². The second-order valence-corrected chi connectivity index (χ2v) is 6.96. The Labute approximate surface area is 137 Å². The Balaban J connectivity index is 1.39. The van der Waals surface area contributed by atoms with Gasteiger partial charge in [-0.3, -0.25) is 9.89 Å².